The molecule has 0 fully saturated rings. The topological polar surface area (TPSA) is 115 Å². The third kappa shape index (κ3) is 6.59. The molecule has 0 radical (unpaired) electrons. The van der Waals surface area contributed by atoms with Crippen molar-refractivity contribution in [3.8, 4) is 5.75 Å². The Balaban J connectivity index is 1.96. The van der Waals surface area contributed by atoms with Gasteiger partial charge >= 0.3 is 0 Å². The number of nitrogens with two attached hydrogens (primary N) is 1. The number of amides is 1. The van der Waals surface area contributed by atoms with Gasteiger partial charge in [0.1, 0.15) is 11.6 Å². The number of nitrogens with one attached hydrogen (secondary N) is 2. The first-order chi connectivity index (χ1) is 12.9. The number of carbonyl (C=O) groups is 1. The van der Waals surface area contributed by atoms with Gasteiger partial charge in [-0.05, 0) is 25.0 Å². The Bertz CT molecular complexity index is 771. The fourth-order valence-corrected chi connectivity index (χ4v) is 2.81. The number of nitrogens with zero attached hydrogens (tertiary/aromatic N) is 3. The summed E-state index contributed by atoms with van der Waals surface area (Å²) >= 11 is 1.43. The maximum Gasteiger partial charge on any atom is 0.232 e. The third-order valence-corrected chi connectivity index (χ3v) is 4.83. The molecule has 1 aromatic heterocycles. The molecule has 0 spiro atoms. The van der Waals surface area contributed by atoms with E-state index in [4.69, 9.17) is 10.5 Å². The molecule has 8 nitrogen and oxygen atoms in total. The molecule has 0 bridgehead atoms. The summed E-state index contributed by atoms with van der Waals surface area (Å²) in [4.78, 5) is 24.6. The summed E-state index contributed by atoms with van der Waals surface area (Å²) in [5.74, 6) is 2.81. The number of thioether (sulfide) groups is 1. The lowest BCUT2D eigenvalue weighted by atomic mass is 10.1. The van der Waals surface area contributed by atoms with Gasteiger partial charge in [0.15, 0.2) is 0 Å². The lowest BCUT2D eigenvalue weighted by Crippen LogP contribution is -2.37. The van der Waals surface area contributed by atoms with Crippen molar-refractivity contribution in [2.24, 2.45) is 5.92 Å². The number of ether oxygens (including phenoxy) is 1. The summed E-state index contributed by atoms with van der Waals surface area (Å²) in [5.41, 5.74) is 6.52. The molecule has 0 saturated carbocycles. The van der Waals surface area contributed by atoms with Crippen molar-refractivity contribution >= 4 is 35.3 Å². The van der Waals surface area contributed by atoms with Crippen LogP contribution in [0.4, 0.5) is 17.6 Å². The second-order valence-electron chi connectivity index (χ2n) is 6.35. The van der Waals surface area contributed by atoms with Crippen LogP contribution in [0.1, 0.15) is 26.6 Å². The molecular formula is C18H26N6O2S. The van der Waals surface area contributed by atoms with Crippen LogP contribution in [-0.2, 0) is 10.5 Å². The van der Waals surface area contributed by atoms with Crippen LogP contribution < -0.4 is 21.1 Å². The molecule has 1 aromatic carbocycles. The van der Waals surface area contributed by atoms with Gasteiger partial charge in [0.2, 0.25) is 17.8 Å². The minimum Gasteiger partial charge on any atom is -0.495 e. The van der Waals surface area contributed by atoms with E-state index in [9.17, 15) is 4.79 Å². The van der Waals surface area contributed by atoms with Gasteiger partial charge in [-0.2, -0.15) is 15.0 Å². The van der Waals surface area contributed by atoms with Crippen LogP contribution in [0.2, 0.25) is 0 Å². The van der Waals surface area contributed by atoms with E-state index in [1.54, 1.807) is 7.11 Å². The van der Waals surface area contributed by atoms with Crippen LogP contribution in [0.15, 0.2) is 24.3 Å². The Morgan fingerprint density at radius 1 is 1.22 bits per heavy atom. The molecule has 2 aromatic rings. The molecule has 0 saturated heterocycles. The second-order valence-corrected chi connectivity index (χ2v) is 7.34. The van der Waals surface area contributed by atoms with Crippen LogP contribution >= 0.6 is 11.8 Å². The highest BCUT2D eigenvalue weighted by Gasteiger charge is 2.12. The van der Waals surface area contributed by atoms with Gasteiger partial charge in [-0.1, -0.05) is 26.0 Å². The van der Waals surface area contributed by atoms with Crippen molar-refractivity contribution in [3.05, 3.63) is 30.1 Å². The van der Waals surface area contributed by atoms with Gasteiger partial charge in [-0.15, -0.1) is 11.8 Å². The van der Waals surface area contributed by atoms with Gasteiger partial charge in [0, 0.05) is 6.04 Å². The molecule has 2 rings (SSSR count). The summed E-state index contributed by atoms with van der Waals surface area (Å²) < 4.78 is 5.30. The highest BCUT2D eigenvalue weighted by molar-refractivity contribution is 7.99. The minimum absolute atomic E-state index is 0.00408. The standard InChI is InChI=1S/C18H26N6O2S/c1-11(2)12(3)20-16(25)10-27-9-15-22-17(19)24-18(23-15)21-13-7-5-6-8-14(13)26-4/h5-8,11-12H,9-10H2,1-4H3,(H,20,25)(H3,19,21,22,23,24)/t12-/m1/s1. The van der Waals surface area contributed by atoms with Crippen molar-refractivity contribution in [2.75, 3.05) is 23.9 Å². The quantitative estimate of drug-likeness (QED) is 0.598. The Morgan fingerprint density at radius 3 is 2.67 bits per heavy atom. The average Bonchev–Trinajstić information content (AvgIpc) is 2.61. The van der Waals surface area contributed by atoms with Gasteiger partial charge in [-0.25, -0.2) is 0 Å². The Kier molecular flexibility index (Phi) is 7.66. The van der Waals surface area contributed by atoms with E-state index in [2.05, 4.69) is 39.4 Å². The Hall–Kier alpha value is -2.55. The summed E-state index contributed by atoms with van der Waals surface area (Å²) in [6.45, 7) is 6.14. The van der Waals surface area contributed by atoms with Crippen molar-refractivity contribution in [2.45, 2.75) is 32.6 Å². The second kappa shape index (κ2) is 9.96. The maximum atomic E-state index is 12.0. The molecular weight excluding hydrogens is 364 g/mol. The summed E-state index contributed by atoms with van der Waals surface area (Å²) in [7, 11) is 1.59. The predicted molar refractivity (Wildman–Crippen MR) is 109 cm³/mol. The van der Waals surface area contributed by atoms with Crippen molar-refractivity contribution < 1.29 is 9.53 Å². The van der Waals surface area contributed by atoms with Gasteiger partial charge in [-0.3, -0.25) is 4.79 Å². The van der Waals surface area contributed by atoms with Crippen molar-refractivity contribution in [1.82, 2.24) is 20.3 Å². The average molecular weight is 391 g/mol. The van der Waals surface area contributed by atoms with Crippen LogP contribution in [0.3, 0.4) is 0 Å². The molecule has 0 unspecified atom stereocenters. The molecule has 146 valence electrons. The van der Waals surface area contributed by atoms with Crippen molar-refractivity contribution in [1.29, 1.82) is 0 Å². The summed E-state index contributed by atoms with van der Waals surface area (Å²) in [6, 6.07) is 7.58. The summed E-state index contributed by atoms with van der Waals surface area (Å²) in [6.07, 6.45) is 0. The molecule has 1 amide bonds. The first-order valence-corrected chi connectivity index (χ1v) is 9.82. The van der Waals surface area contributed by atoms with E-state index in [0.717, 1.165) is 5.69 Å². The van der Waals surface area contributed by atoms with E-state index >= 15 is 0 Å². The fraction of sp³-hybridized carbons (Fsp3) is 0.444. The number of carbonyl (C=O) groups excluding carboxylic acids is 1. The maximum absolute atomic E-state index is 12.0. The zero-order valence-corrected chi connectivity index (χ0v) is 16.8. The number of para-hydroxylation sites is 2. The van der Waals surface area contributed by atoms with Crippen LogP contribution in [0, 0.1) is 5.92 Å². The first kappa shape index (κ1) is 20.8. The molecule has 0 aliphatic carbocycles. The van der Waals surface area contributed by atoms with E-state index < -0.39 is 0 Å². The third-order valence-electron chi connectivity index (χ3n) is 3.91. The van der Waals surface area contributed by atoms with Gasteiger partial charge in [0.25, 0.3) is 0 Å². The number of methoxy groups -OCH3 is 1. The fourth-order valence-electron chi connectivity index (χ4n) is 2.12. The molecule has 9 heteroatoms. The van der Waals surface area contributed by atoms with Crippen LogP contribution in [0.25, 0.3) is 0 Å². The number of aromatic nitrogens is 3. The van der Waals surface area contributed by atoms with Crippen LogP contribution in [0.5, 0.6) is 5.75 Å². The number of nitrogen functional groups attached to an aromatic ring is 1. The Labute approximate surface area is 163 Å². The number of hydrogen-bond acceptors (Lipinski definition) is 8. The van der Waals surface area contributed by atoms with Gasteiger partial charge < -0.3 is 21.1 Å². The summed E-state index contributed by atoms with van der Waals surface area (Å²) in [5, 5.41) is 6.06. The van der Waals surface area contributed by atoms with Crippen molar-refractivity contribution in [3.63, 3.8) is 0 Å². The largest absolute Gasteiger partial charge is 0.495 e. The SMILES string of the molecule is COc1ccccc1Nc1nc(N)nc(CSCC(=O)N[C@H](C)C(C)C)n1. The van der Waals surface area contributed by atoms with Gasteiger partial charge in [0.05, 0.1) is 24.3 Å². The molecule has 0 aliphatic rings. The number of hydrogen-bond donors (Lipinski definition) is 3. The lowest BCUT2D eigenvalue weighted by molar-refractivity contribution is -0.119. The smallest absolute Gasteiger partial charge is 0.232 e. The Morgan fingerprint density at radius 2 is 1.96 bits per heavy atom. The number of benzene rings is 1. The van der Waals surface area contributed by atoms with E-state index in [0.29, 0.717) is 34.9 Å². The molecule has 27 heavy (non-hydrogen) atoms. The number of anilines is 3. The highest BCUT2D eigenvalue weighted by atomic mass is 32.2. The zero-order chi connectivity index (χ0) is 19.8. The number of rotatable bonds is 9. The van der Waals surface area contributed by atoms with Crippen LogP contribution in [-0.4, -0.2) is 39.8 Å². The minimum atomic E-state index is -0.00408. The highest BCUT2D eigenvalue weighted by Crippen LogP contribution is 2.25. The molecule has 1 heterocycles. The molecule has 1 atom stereocenters. The van der Waals surface area contributed by atoms with E-state index in [-0.39, 0.29) is 17.9 Å². The van der Waals surface area contributed by atoms with E-state index in [1.807, 2.05) is 31.2 Å². The van der Waals surface area contributed by atoms with E-state index in [1.165, 1.54) is 11.8 Å². The first-order valence-electron chi connectivity index (χ1n) is 8.66. The normalized spacial score (nSPS) is 11.9. The molecule has 4 N–H and O–H groups in total. The monoisotopic (exact) mass is 390 g/mol. The lowest BCUT2D eigenvalue weighted by Gasteiger charge is -2.17. The molecule has 0 aliphatic heterocycles. The zero-order valence-electron chi connectivity index (χ0n) is 16.0. The predicted octanol–water partition coefficient (Wildman–Crippen LogP) is 2.60.